The van der Waals surface area contributed by atoms with Gasteiger partial charge in [-0.1, -0.05) is 25.0 Å². The van der Waals surface area contributed by atoms with Gasteiger partial charge in [0.05, 0.1) is 5.92 Å². The van der Waals surface area contributed by atoms with Crippen LogP contribution in [0.15, 0.2) is 28.7 Å². The molecule has 2 aromatic rings. The Hall–Kier alpha value is -2.83. The summed E-state index contributed by atoms with van der Waals surface area (Å²) in [6.45, 7) is 0.428. The van der Waals surface area contributed by atoms with Crippen LogP contribution >= 0.6 is 0 Å². The lowest BCUT2D eigenvalue weighted by Gasteiger charge is -2.23. The van der Waals surface area contributed by atoms with Crippen LogP contribution in [0.25, 0.3) is 11.0 Å². The monoisotopic (exact) mass is 355 g/mol. The number of carbonyl (C=O) groups excluding carboxylic acids is 3. The van der Waals surface area contributed by atoms with Crippen LogP contribution in [0.4, 0.5) is 5.69 Å². The van der Waals surface area contributed by atoms with Crippen molar-refractivity contribution in [3.05, 3.63) is 30.0 Å². The molecule has 2 fully saturated rings. The average molecular weight is 355 g/mol. The zero-order valence-corrected chi connectivity index (χ0v) is 14.4. The first kappa shape index (κ1) is 16.6. The Kier molecular flexibility index (Phi) is 4.14. The van der Waals surface area contributed by atoms with Crippen molar-refractivity contribution in [2.24, 2.45) is 11.7 Å². The molecule has 1 aliphatic carbocycles. The summed E-state index contributed by atoms with van der Waals surface area (Å²) >= 11 is 0. The van der Waals surface area contributed by atoms with Crippen molar-refractivity contribution in [3.8, 4) is 0 Å². The zero-order valence-electron chi connectivity index (χ0n) is 14.4. The van der Waals surface area contributed by atoms with Gasteiger partial charge in [0.15, 0.2) is 0 Å². The molecule has 0 radical (unpaired) electrons. The van der Waals surface area contributed by atoms with Crippen molar-refractivity contribution in [2.75, 3.05) is 11.9 Å². The van der Waals surface area contributed by atoms with Gasteiger partial charge in [-0.2, -0.15) is 0 Å². The molecule has 4 rings (SSSR count). The van der Waals surface area contributed by atoms with Gasteiger partial charge in [-0.3, -0.25) is 14.4 Å². The maximum Gasteiger partial charge on any atom is 0.286 e. The second-order valence-electron chi connectivity index (χ2n) is 7.04. The van der Waals surface area contributed by atoms with E-state index in [1.807, 2.05) is 4.90 Å². The van der Waals surface area contributed by atoms with Gasteiger partial charge in [0.25, 0.3) is 5.91 Å². The first-order chi connectivity index (χ1) is 12.5. The molecule has 7 nitrogen and oxygen atoms in total. The van der Waals surface area contributed by atoms with Crippen LogP contribution in [0.5, 0.6) is 0 Å². The molecule has 3 N–H and O–H groups in total. The fourth-order valence-corrected chi connectivity index (χ4v) is 4.04. The number of primary amides is 1. The number of nitrogens with zero attached hydrogens (tertiary/aromatic N) is 1. The summed E-state index contributed by atoms with van der Waals surface area (Å²) < 4.78 is 5.48. The third kappa shape index (κ3) is 2.83. The summed E-state index contributed by atoms with van der Waals surface area (Å²) in [5.74, 6) is -1.50. The summed E-state index contributed by atoms with van der Waals surface area (Å²) in [5.41, 5.74) is 6.15. The highest BCUT2D eigenvalue weighted by Crippen LogP contribution is 2.33. The van der Waals surface area contributed by atoms with Gasteiger partial charge < -0.3 is 20.4 Å². The van der Waals surface area contributed by atoms with E-state index >= 15 is 0 Å². The van der Waals surface area contributed by atoms with Gasteiger partial charge in [-0.15, -0.1) is 0 Å². The third-order valence-corrected chi connectivity index (χ3v) is 5.36. The predicted octanol–water partition coefficient (Wildman–Crippen LogP) is 2.26. The molecule has 1 aromatic carbocycles. The molecule has 0 unspecified atom stereocenters. The van der Waals surface area contributed by atoms with Crippen molar-refractivity contribution < 1.29 is 18.8 Å². The lowest BCUT2D eigenvalue weighted by atomic mass is 10.1. The van der Waals surface area contributed by atoms with Gasteiger partial charge in [-0.05, 0) is 25.0 Å². The molecule has 136 valence electrons. The SMILES string of the molecule is NC(=O)c1oc2ccccc2c1NC(=O)[C@@H]1CC(=O)N(C2CCCC2)C1. The van der Waals surface area contributed by atoms with E-state index in [-0.39, 0.29) is 35.7 Å². The van der Waals surface area contributed by atoms with Crippen LogP contribution in [0.1, 0.15) is 42.7 Å². The van der Waals surface area contributed by atoms with Crippen LogP contribution < -0.4 is 11.1 Å². The first-order valence-corrected chi connectivity index (χ1v) is 8.96. The highest BCUT2D eigenvalue weighted by molar-refractivity contribution is 6.11. The number of fused-ring (bicyclic) bond motifs is 1. The summed E-state index contributed by atoms with van der Waals surface area (Å²) in [6, 6.07) is 7.29. The fourth-order valence-electron chi connectivity index (χ4n) is 4.04. The molecule has 26 heavy (non-hydrogen) atoms. The Bertz CT molecular complexity index is 882. The highest BCUT2D eigenvalue weighted by atomic mass is 16.3. The smallest absolute Gasteiger partial charge is 0.286 e. The molecule has 1 aromatic heterocycles. The summed E-state index contributed by atoms with van der Waals surface area (Å²) in [7, 11) is 0. The molecule has 1 saturated heterocycles. The molecule has 7 heteroatoms. The number of furan rings is 1. The molecule has 0 spiro atoms. The van der Waals surface area contributed by atoms with Crippen LogP contribution in [-0.2, 0) is 9.59 Å². The topological polar surface area (TPSA) is 106 Å². The minimum atomic E-state index is -0.744. The summed E-state index contributed by atoms with van der Waals surface area (Å²) in [6.07, 6.45) is 4.49. The quantitative estimate of drug-likeness (QED) is 0.877. The maximum atomic E-state index is 12.8. The minimum Gasteiger partial charge on any atom is -0.449 e. The van der Waals surface area contributed by atoms with E-state index in [9.17, 15) is 14.4 Å². The molecule has 3 amide bonds. The Morgan fingerprint density at radius 2 is 1.92 bits per heavy atom. The molecule has 0 bridgehead atoms. The fraction of sp³-hybridized carbons (Fsp3) is 0.421. The van der Waals surface area contributed by atoms with Gasteiger partial charge in [-0.25, -0.2) is 0 Å². The van der Waals surface area contributed by atoms with E-state index in [0.717, 1.165) is 25.7 Å². The van der Waals surface area contributed by atoms with E-state index in [1.165, 1.54) is 0 Å². The largest absolute Gasteiger partial charge is 0.449 e. The number of hydrogen-bond acceptors (Lipinski definition) is 4. The molecule has 2 aliphatic rings. The molecule has 1 aliphatic heterocycles. The van der Waals surface area contributed by atoms with E-state index in [0.29, 0.717) is 17.5 Å². The number of hydrogen-bond donors (Lipinski definition) is 2. The minimum absolute atomic E-state index is 0.0317. The number of amides is 3. The molecular formula is C19H21N3O4. The number of nitrogens with one attached hydrogen (secondary N) is 1. The van der Waals surface area contributed by atoms with Gasteiger partial charge in [0, 0.05) is 24.4 Å². The predicted molar refractivity (Wildman–Crippen MR) is 95.4 cm³/mol. The number of likely N-dealkylation sites (tertiary alicyclic amines) is 1. The van der Waals surface area contributed by atoms with Gasteiger partial charge >= 0.3 is 0 Å². The Morgan fingerprint density at radius 1 is 1.19 bits per heavy atom. The summed E-state index contributed by atoms with van der Waals surface area (Å²) in [5, 5.41) is 3.39. The van der Waals surface area contributed by atoms with Gasteiger partial charge in [0.2, 0.25) is 17.6 Å². The Balaban J connectivity index is 1.55. The number of benzene rings is 1. The first-order valence-electron chi connectivity index (χ1n) is 8.96. The average Bonchev–Trinajstić information content (AvgIpc) is 3.33. The lowest BCUT2D eigenvalue weighted by molar-refractivity contribution is -0.129. The lowest BCUT2D eigenvalue weighted by Crippen LogP contribution is -2.35. The normalized spacial score (nSPS) is 20.8. The van der Waals surface area contributed by atoms with Gasteiger partial charge in [0.1, 0.15) is 11.3 Å². The zero-order chi connectivity index (χ0) is 18.3. The number of rotatable bonds is 4. The Morgan fingerprint density at radius 3 is 2.65 bits per heavy atom. The maximum absolute atomic E-state index is 12.8. The van der Waals surface area contributed by atoms with Crippen LogP contribution in [0.2, 0.25) is 0 Å². The van der Waals surface area contributed by atoms with Crippen molar-refractivity contribution in [3.63, 3.8) is 0 Å². The van der Waals surface area contributed by atoms with Crippen LogP contribution in [0.3, 0.4) is 0 Å². The van der Waals surface area contributed by atoms with Crippen LogP contribution in [0, 0.1) is 5.92 Å². The van der Waals surface area contributed by atoms with Crippen LogP contribution in [-0.4, -0.2) is 35.2 Å². The van der Waals surface area contributed by atoms with Crippen molar-refractivity contribution >= 4 is 34.4 Å². The van der Waals surface area contributed by atoms with Crippen molar-refractivity contribution in [1.29, 1.82) is 0 Å². The number of carbonyl (C=O) groups is 3. The molecule has 1 atom stereocenters. The standard InChI is InChI=1S/C19H21N3O4/c20-18(24)17-16(13-7-3-4-8-14(13)26-17)21-19(25)11-9-15(23)22(10-11)12-5-1-2-6-12/h3-4,7-8,11-12H,1-2,5-6,9-10H2,(H2,20,24)(H,21,25)/t11-/m1/s1. The number of anilines is 1. The number of nitrogens with two attached hydrogens (primary N) is 1. The molecule has 2 heterocycles. The summed E-state index contributed by atoms with van der Waals surface area (Å²) in [4.78, 5) is 38.6. The second kappa shape index (κ2) is 6.48. The highest BCUT2D eigenvalue weighted by Gasteiger charge is 2.39. The van der Waals surface area contributed by atoms with E-state index in [1.54, 1.807) is 24.3 Å². The third-order valence-electron chi connectivity index (χ3n) is 5.36. The second-order valence-corrected chi connectivity index (χ2v) is 7.04. The van der Waals surface area contributed by atoms with E-state index < -0.39 is 11.8 Å². The van der Waals surface area contributed by atoms with E-state index in [2.05, 4.69) is 5.32 Å². The Labute approximate surface area is 150 Å². The molecular weight excluding hydrogens is 334 g/mol. The molecule has 1 saturated carbocycles. The van der Waals surface area contributed by atoms with E-state index in [4.69, 9.17) is 10.2 Å². The van der Waals surface area contributed by atoms with Crippen molar-refractivity contribution in [1.82, 2.24) is 4.90 Å². The van der Waals surface area contributed by atoms with Crippen molar-refractivity contribution in [2.45, 2.75) is 38.1 Å². The number of para-hydroxylation sites is 1.